The van der Waals surface area contributed by atoms with Gasteiger partial charge in [0.25, 0.3) is 5.91 Å². The van der Waals surface area contributed by atoms with Gasteiger partial charge in [0.1, 0.15) is 5.75 Å². The molecule has 0 spiro atoms. The maximum atomic E-state index is 12.4. The molecule has 182 valence electrons. The minimum Gasteiger partial charge on any atom is -0.482 e. The van der Waals surface area contributed by atoms with E-state index in [0.717, 1.165) is 11.8 Å². The number of carbonyl (C=O) groups excluding carboxylic acids is 2. The van der Waals surface area contributed by atoms with E-state index in [-0.39, 0.29) is 13.2 Å². The van der Waals surface area contributed by atoms with Crippen LogP contribution >= 0.6 is 0 Å². The standard InChI is InChI=1S/C25H25N3O6S/c1-33-24(29)18-34-23-10-6-9-20(15-23)16-26-27-25(30)21-11-13-22(14-12-21)28(35(2,31)32)17-19-7-4-3-5-8-19/h3-16H,17-18H2,1-2H3,(H,27,30)/b26-16-. The molecular weight excluding hydrogens is 470 g/mol. The zero-order chi connectivity index (χ0) is 25.3. The predicted molar refractivity (Wildman–Crippen MR) is 133 cm³/mol. The normalized spacial score (nSPS) is 11.1. The fourth-order valence-corrected chi connectivity index (χ4v) is 3.93. The number of nitrogens with zero attached hydrogens (tertiary/aromatic N) is 2. The Bertz CT molecular complexity index is 1290. The average molecular weight is 496 g/mol. The average Bonchev–Trinajstić information content (AvgIpc) is 2.86. The summed E-state index contributed by atoms with van der Waals surface area (Å²) in [6, 6.07) is 22.3. The summed E-state index contributed by atoms with van der Waals surface area (Å²) in [5.74, 6) is -0.505. The molecule has 0 unspecified atom stereocenters. The van der Waals surface area contributed by atoms with Crippen molar-refractivity contribution in [1.82, 2.24) is 5.43 Å². The van der Waals surface area contributed by atoms with Crippen molar-refractivity contribution in [1.29, 1.82) is 0 Å². The lowest BCUT2D eigenvalue weighted by atomic mass is 10.2. The fraction of sp³-hybridized carbons (Fsp3) is 0.160. The Morgan fingerprint density at radius 3 is 2.37 bits per heavy atom. The lowest BCUT2D eigenvalue weighted by Gasteiger charge is -2.22. The van der Waals surface area contributed by atoms with Crippen LogP contribution in [0.15, 0.2) is 84.0 Å². The first-order chi connectivity index (χ1) is 16.8. The van der Waals surface area contributed by atoms with E-state index < -0.39 is 21.9 Å². The quantitative estimate of drug-likeness (QED) is 0.263. The molecule has 0 aliphatic carbocycles. The van der Waals surface area contributed by atoms with Crippen LogP contribution in [0.4, 0.5) is 5.69 Å². The highest BCUT2D eigenvalue weighted by Gasteiger charge is 2.18. The van der Waals surface area contributed by atoms with Gasteiger partial charge < -0.3 is 9.47 Å². The van der Waals surface area contributed by atoms with E-state index in [1.165, 1.54) is 29.8 Å². The topological polar surface area (TPSA) is 114 Å². The highest BCUT2D eigenvalue weighted by atomic mass is 32.2. The molecule has 0 atom stereocenters. The van der Waals surface area contributed by atoms with E-state index in [9.17, 15) is 18.0 Å². The molecule has 3 aromatic carbocycles. The summed E-state index contributed by atoms with van der Waals surface area (Å²) in [7, 11) is -2.26. The Labute approximate surface area is 204 Å². The molecule has 3 rings (SSSR count). The number of methoxy groups -OCH3 is 1. The molecule has 1 amide bonds. The molecule has 0 saturated heterocycles. The lowest BCUT2D eigenvalue weighted by Crippen LogP contribution is -2.29. The summed E-state index contributed by atoms with van der Waals surface area (Å²) >= 11 is 0. The van der Waals surface area contributed by atoms with Crippen molar-refractivity contribution in [3.63, 3.8) is 0 Å². The number of hydrogen-bond acceptors (Lipinski definition) is 7. The van der Waals surface area contributed by atoms with Crippen molar-refractivity contribution in [3.8, 4) is 5.75 Å². The highest BCUT2D eigenvalue weighted by Crippen LogP contribution is 2.21. The molecule has 0 heterocycles. The fourth-order valence-electron chi connectivity index (χ4n) is 3.04. The van der Waals surface area contributed by atoms with Crippen molar-refractivity contribution < 1.29 is 27.5 Å². The van der Waals surface area contributed by atoms with Gasteiger partial charge in [0.2, 0.25) is 10.0 Å². The maximum Gasteiger partial charge on any atom is 0.343 e. The number of anilines is 1. The van der Waals surface area contributed by atoms with Gasteiger partial charge in [0.15, 0.2) is 6.61 Å². The summed E-state index contributed by atoms with van der Waals surface area (Å²) in [4.78, 5) is 23.6. The van der Waals surface area contributed by atoms with Gasteiger partial charge in [-0.2, -0.15) is 5.10 Å². The molecule has 1 N–H and O–H groups in total. The number of hydrogen-bond donors (Lipinski definition) is 1. The predicted octanol–water partition coefficient (Wildman–Crippen LogP) is 2.97. The molecule has 3 aromatic rings. The Morgan fingerprint density at radius 2 is 1.71 bits per heavy atom. The molecule has 0 aromatic heterocycles. The van der Waals surface area contributed by atoms with E-state index in [0.29, 0.717) is 22.6 Å². The summed E-state index contributed by atoms with van der Waals surface area (Å²) in [6.45, 7) is -0.0378. The molecule has 0 fully saturated rings. The third kappa shape index (κ3) is 7.68. The zero-order valence-electron chi connectivity index (χ0n) is 19.2. The second-order valence-electron chi connectivity index (χ2n) is 7.44. The van der Waals surface area contributed by atoms with Gasteiger partial charge in [-0.1, -0.05) is 42.5 Å². The maximum absolute atomic E-state index is 12.4. The van der Waals surface area contributed by atoms with E-state index in [1.54, 1.807) is 36.4 Å². The number of amides is 1. The molecule has 0 bridgehead atoms. The van der Waals surface area contributed by atoms with Crippen LogP contribution in [-0.4, -0.2) is 46.5 Å². The van der Waals surface area contributed by atoms with Crippen LogP contribution in [0, 0.1) is 0 Å². The highest BCUT2D eigenvalue weighted by molar-refractivity contribution is 7.92. The first-order valence-corrected chi connectivity index (χ1v) is 12.4. The second kappa shape index (κ2) is 11.8. The summed E-state index contributed by atoms with van der Waals surface area (Å²) in [5.41, 5.74) is 4.68. The van der Waals surface area contributed by atoms with Crippen molar-refractivity contribution in [2.24, 2.45) is 5.10 Å². The van der Waals surface area contributed by atoms with Gasteiger partial charge >= 0.3 is 5.97 Å². The van der Waals surface area contributed by atoms with Crippen LogP contribution < -0.4 is 14.5 Å². The third-order valence-electron chi connectivity index (χ3n) is 4.81. The van der Waals surface area contributed by atoms with Crippen LogP contribution in [-0.2, 0) is 26.1 Å². The van der Waals surface area contributed by atoms with Gasteiger partial charge in [0, 0.05) is 5.56 Å². The number of sulfonamides is 1. The number of ether oxygens (including phenoxy) is 2. The summed E-state index contributed by atoms with van der Waals surface area (Å²) in [5, 5.41) is 3.95. The minimum absolute atomic E-state index is 0.178. The SMILES string of the molecule is COC(=O)COc1cccc(/C=N\NC(=O)c2ccc(N(Cc3ccccc3)S(C)(=O)=O)cc2)c1. The Kier molecular flexibility index (Phi) is 8.58. The van der Waals surface area contributed by atoms with Crippen molar-refractivity contribution in [3.05, 3.63) is 95.6 Å². The Hall–Kier alpha value is -4.18. The molecule has 0 aliphatic rings. The minimum atomic E-state index is -3.53. The number of rotatable bonds is 10. The molecule has 0 radical (unpaired) electrons. The lowest BCUT2D eigenvalue weighted by molar-refractivity contribution is -0.142. The largest absolute Gasteiger partial charge is 0.482 e. The van der Waals surface area contributed by atoms with Crippen LogP contribution in [0.25, 0.3) is 0 Å². The molecule has 0 aliphatic heterocycles. The molecule has 35 heavy (non-hydrogen) atoms. The second-order valence-corrected chi connectivity index (χ2v) is 9.35. The third-order valence-corrected chi connectivity index (χ3v) is 5.95. The van der Waals surface area contributed by atoms with Crippen LogP contribution in [0.5, 0.6) is 5.75 Å². The zero-order valence-corrected chi connectivity index (χ0v) is 20.1. The van der Waals surface area contributed by atoms with E-state index in [4.69, 9.17) is 4.74 Å². The van der Waals surface area contributed by atoms with Crippen LogP contribution in [0.1, 0.15) is 21.5 Å². The smallest absolute Gasteiger partial charge is 0.343 e. The Balaban J connectivity index is 1.63. The molecule has 10 heteroatoms. The van der Waals surface area contributed by atoms with Crippen molar-refractivity contribution >= 4 is 33.8 Å². The van der Waals surface area contributed by atoms with Crippen molar-refractivity contribution in [2.75, 3.05) is 24.3 Å². The first-order valence-electron chi connectivity index (χ1n) is 10.5. The summed E-state index contributed by atoms with van der Waals surface area (Å²) < 4.78 is 35.8. The number of benzene rings is 3. The van der Waals surface area contributed by atoms with E-state index in [1.807, 2.05) is 30.3 Å². The van der Waals surface area contributed by atoms with Crippen LogP contribution in [0.2, 0.25) is 0 Å². The number of carbonyl (C=O) groups is 2. The van der Waals surface area contributed by atoms with Gasteiger partial charge in [-0.3, -0.25) is 9.10 Å². The molecule has 9 nitrogen and oxygen atoms in total. The van der Waals surface area contributed by atoms with Gasteiger partial charge in [-0.05, 0) is 47.5 Å². The Morgan fingerprint density at radius 1 is 1.00 bits per heavy atom. The number of esters is 1. The van der Waals surface area contributed by atoms with E-state index in [2.05, 4.69) is 15.3 Å². The summed E-state index contributed by atoms with van der Waals surface area (Å²) in [6.07, 6.45) is 2.57. The van der Waals surface area contributed by atoms with Gasteiger partial charge in [-0.15, -0.1) is 0 Å². The van der Waals surface area contributed by atoms with Crippen LogP contribution in [0.3, 0.4) is 0 Å². The first kappa shape index (κ1) is 25.4. The van der Waals surface area contributed by atoms with Gasteiger partial charge in [-0.25, -0.2) is 18.6 Å². The number of nitrogens with one attached hydrogen (secondary N) is 1. The van der Waals surface area contributed by atoms with E-state index >= 15 is 0 Å². The van der Waals surface area contributed by atoms with Crippen molar-refractivity contribution in [2.45, 2.75) is 6.54 Å². The monoisotopic (exact) mass is 495 g/mol. The number of hydrazone groups is 1. The van der Waals surface area contributed by atoms with Gasteiger partial charge in [0.05, 0.1) is 31.8 Å². The molecule has 0 saturated carbocycles. The molecular formula is C25H25N3O6S.